The molecule has 0 amide bonds. The average Bonchev–Trinajstić information content (AvgIpc) is 3.55. The molecule has 8 heteroatoms. The first-order valence-electron chi connectivity index (χ1n) is 16.3. The molecule has 3 aromatic rings. The molecule has 1 N–H and O–H groups in total. The number of hydrogen-bond donors (Lipinski definition) is 1. The van der Waals surface area contributed by atoms with Gasteiger partial charge in [0, 0.05) is 12.3 Å². The highest BCUT2D eigenvalue weighted by Gasteiger charge is 2.57. The minimum atomic E-state index is -4.51. The van der Waals surface area contributed by atoms with Crippen molar-refractivity contribution in [3.63, 3.8) is 0 Å². The first-order chi connectivity index (χ1) is 22.0. The SMILES string of the molecule is Cc1cccc(C(CC=C[C@@H]2[C@H]3CC(CCCCCN(C)C)=C[C@H]3C[C@H]2O)(S(=O)(=O)c2ccccc2)S(=O)(=O)c2ccccc2)c1. The van der Waals surface area contributed by atoms with Crippen LogP contribution in [0.25, 0.3) is 0 Å². The lowest BCUT2D eigenvalue weighted by Gasteiger charge is -2.33. The van der Waals surface area contributed by atoms with Crippen molar-refractivity contribution in [2.75, 3.05) is 20.6 Å². The van der Waals surface area contributed by atoms with Gasteiger partial charge in [0.15, 0.2) is 0 Å². The Bertz CT molecular complexity index is 1680. The molecular formula is C38H47NO5S2. The molecule has 1 fully saturated rings. The van der Waals surface area contributed by atoms with Crippen molar-refractivity contribution >= 4 is 19.7 Å². The Morgan fingerprint density at radius 3 is 2.07 bits per heavy atom. The maximum Gasteiger partial charge on any atom is 0.210 e. The van der Waals surface area contributed by atoms with E-state index in [0.29, 0.717) is 6.42 Å². The second-order valence-electron chi connectivity index (χ2n) is 13.2. The van der Waals surface area contributed by atoms with Gasteiger partial charge in [0.1, 0.15) is 0 Å². The summed E-state index contributed by atoms with van der Waals surface area (Å²) in [6.07, 6.45) is 11.3. The summed E-state index contributed by atoms with van der Waals surface area (Å²) in [7, 11) is -4.83. The molecule has 5 rings (SSSR count). The van der Waals surface area contributed by atoms with Crippen LogP contribution in [0, 0.1) is 24.7 Å². The number of unbranched alkanes of at least 4 members (excludes halogenated alkanes) is 2. The number of nitrogens with zero attached hydrogens (tertiary/aromatic N) is 1. The predicted molar refractivity (Wildman–Crippen MR) is 185 cm³/mol. The molecule has 0 bridgehead atoms. The molecule has 0 unspecified atom stereocenters. The summed E-state index contributed by atoms with van der Waals surface area (Å²) in [4.78, 5) is 2.10. The van der Waals surface area contributed by atoms with Gasteiger partial charge < -0.3 is 10.0 Å². The molecule has 2 aliphatic carbocycles. The lowest BCUT2D eigenvalue weighted by molar-refractivity contribution is 0.141. The number of sulfone groups is 2. The third kappa shape index (κ3) is 6.82. The van der Waals surface area contributed by atoms with Crippen molar-refractivity contribution in [2.45, 2.75) is 71.8 Å². The fourth-order valence-corrected chi connectivity index (χ4v) is 12.4. The van der Waals surface area contributed by atoms with E-state index in [4.69, 9.17) is 0 Å². The topological polar surface area (TPSA) is 91.8 Å². The number of aryl methyl sites for hydroxylation is 1. The minimum absolute atomic E-state index is 0.0550. The van der Waals surface area contributed by atoms with Gasteiger partial charge in [0.25, 0.3) is 0 Å². The van der Waals surface area contributed by atoms with Crippen molar-refractivity contribution in [1.29, 1.82) is 0 Å². The van der Waals surface area contributed by atoms with E-state index in [2.05, 4.69) is 25.1 Å². The molecule has 0 heterocycles. The van der Waals surface area contributed by atoms with Gasteiger partial charge in [-0.25, -0.2) is 16.8 Å². The summed E-state index contributed by atoms with van der Waals surface area (Å²) in [5, 5.41) is 11.1. The zero-order valence-corrected chi connectivity index (χ0v) is 28.8. The molecular weight excluding hydrogens is 615 g/mol. The number of hydrogen-bond acceptors (Lipinski definition) is 6. The van der Waals surface area contributed by atoms with Crippen LogP contribution in [0.4, 0.5) is 0 Å². The summed E-state index contributed by atoms with van der Waals surface area (Å²) in [5.74, 6) is 0.332. The number of aliphatic hydroxyl groups is 1. The molecule has 3 aromatic carbocycles. The Kier molecular flexibility index (Phi) is 10.7. The first kappa shape index (κ1) is 34.3. The number of benzene rings is 3. The summed E-state index contributed by atoms with van der Waals surface area (Å²) in [6, 6.07) is 22.5. The first-order valence-corrected chi connectivity index (χ1v) is 19.3. The molecule has 0 saturated heterocycles. The molecule has 0 aliphatic heterocycles. The fourth-order valence-electron chi connectivity index (χ4n) is 7.38. The van der Waals surface area contributed by atoms with E-state index in [0.717, 1.165) is 31.4 Å². The number of fused-ring (bicyclic) bond motifs is 1. The van der Waals surface area contributed by atoms with Crippen molar-refractivity contribution in [2.24, 2.45) is 17.8 Å². The fraction of sp³-hybridized carbons (Fsp3) is 0.421. The van der Waals surface area contributed by atoms with E-state index in [-0.39, 0.29) is 39.5 Å². The van der Waals surface area contributed by atoms with E-state index in [9.17, 15) is 21.9 Å². The maximum absolute atomic E-state index is 14.8. The standard InChI is InChI=1S/C38H47NO5S2/c1-29-15-13-17-32(25-29)38(45(41,42)33-18-8-4-9-19-33,46(43,44)34-20-10-5-11-21-34)23-14-22-35-36-27-30(26-31(36)28-37(35)40)16-7-6-12-24-39(2)3/h4-5,8-11,13-15,17-22,25-26,31,35-37,40H,6-7,12,16,23-24,27-28H2,1-3H3/t31-,35+,36-,37+/m0/s1. The molecule has 1 saturated carbocycles. The number of allylic oxidation sites excluding steroid dienone is 3. The summed E-state index contributed by atoms with van der Waals surface area (Å²) in [5.41, 5.74) is 2.41. The summed E-state index contributed by atoms with van der Waals surface area (Å²) < 4.78 is 56.9. The second-order valence-corrected chi connectivity index (χ2v) is 17.8. The van der Waals surface area contributed by atoms with Crippen molar-refractivity contribution < 1.29 is 21.9 Å². The molecule has 246 valence electrons. The van der Waals surface area contributed by atoms with Gasteiger partial charge in [0.05, 0.1) is 15.9 Å². The van der Waals surface area contributed by atoms with Crippen LogP contribution in [0.15, 0.2) is 119 Å². The quantitative estimate of drug-likeness (QED) is 0.146. The van der Waals surface area contributed by atoms with E-state index in [1.807, 2.05) is 19.1 Å². The Hall–Kier alpha value is -3.04. The number of aliphatic hydroxyl groups excluding tert-OH is 1. The second kappa shape index (κ2) is 14.4. The number of rotatable bonds is 14. The molecule has 0 radical (unpaired) electrons. The lowest BCUT2D eigenvalue weighted by Crippen LogP contribution is -2.43. The Morgan fingerprint density at radius 1 is 0.848 bits per heavy atom. The highest BCUT2D eigenvalue weighted by atomic mass is 32.3. The predicted octanol–water partition coefficient (Wildman–Crippen LogP) is 7.11. The van der Waals surface area contributed by atoms with Crippen molar-refractivity contribution in [1.82, 2.24) is 4.90 Å². The van der Waals surface area contributed by atoms with Crippen molar-refractivity contribution in [3.05, 3.63) is 120 Å². The molecule has 6 nitrogen and oxygen atoms in total. The van der Waals surface area contributed by atoms with Crippen LogP contribution >= 0.6 is 0 Å². The minimum Gasteiger partial charge on any atom is -0.392 e. The molecule has 0 aromatic heterocycles. The van der Waals surface area contributed by atoms with Crippen LogP contribution in [0.5, 0.6) is 0 Å². The van der Waals surface area contributed by atoms with Crippen LogP contribution in [0.1, 0.15) is 56.1 Å². The van der Waals surface area contributed by atoms with Crippen LogP contribution in [0.3, 0.4) is 0 Å². The van der Waals surface area contributed by atoms with Crippen molar-refractivity contribution in [3.8, 4) is 0 Å². The Labute approximate surface area is 275 Å². The van der Waals surface area contributed by atoms with Gasteiger partial charge in [-0.15, -0.1) is 0 Å². The van der Waals surface area contributed by atoms with Gasteiger partial charge in [-0.3, -0.25) is 0 Å². The summed E-state index contributed by atoms with van der Waals surface area (Å²) in [6.45, 7) is 2.92. The zero-order chi connectivity index (χ0) is 33.0. The molecule has 46 heavy (non-hydrogen) atoms. The normalized spacial score (nSPS) is 22.0. The van der Waals surface area contributed by atoms with Gasteiger partial charge in [-0.2, -0.15) is 0 Å². The van der Waals surface area contributed by atoms with Crippen LogP contribution in [-0.4, -0.2) is 53.6 Å². The largest absolute Gasteiger partial charge is 0.392 e. The van der Waals surface area contributed by atoms with Crippen LogP contribution < -0.4 is 0 Å². The molecule has 0 spiro atoms. The van der Waals surface area contributed by atoms with Gasteiger partial charge >= 0.3 is 0 Å². The molecule has 4 atom stereocenters. The van der Waals surface area contributed by atoms with E-state index in [1.54, 1.807) is 60.7 Å². The highest BCUT2D eigenvalue weighted by molar-refractivity contribution is 8.09. The lowest BCUT2D eigenvalue weighted by atomic mass is 9.88. The third-order valence-electron chi connectivity index (χ3n) is 9.73. The van der Waals surface area contributed by atoms with E-state index >= 15 is 0 Å². The van der Waals surface area contributed by atoms with E-state index < -0.39 is 29.9 Å². The Balaban J connectivity index is 1.50. The highest BCUT2D eigenvalue weighted by Crippen LogP contribution is 2.50. The average molecular weight is 662 g/mol. The van der Waals surface area contributed by atoms with Crippen LogP contribution in [0.2, 0.25) is 0 Å². The van der Waals surface area contributed by atoms with Gasteiger partial charge in [0.2, 0.25) is 23.8 Å². The Morgan fingerprint density at radius 2 is 1.48 bits per heavy atom. The summed E-state index contributed by atoms with van der Waals surface area (Å²) >= 11 is 0. The smallest absolute Gasteiger partial charge is 0.210 e. The maximum atomic E-state index is 14.8. The third-order valence-corrected chi connectivity index (χ3v) is 15.4. The molecule has 2 aliphatic rings. The van der Waals surface area contributed by atoms with Gasteiger partial charge in [-0.05, 0) is 101 Å². The van der Waals surface area contributed by atoms with Gasteiger partial charge in [-0.1, -0.05) is 96.4 Å². The zero-order valence-electron chi connectivity index (χ0n) is 27.1. The van der Waals surface area contributed by atoms with E-state index in [1.165, 1.54) is 42.7 Å². The van der Waals surface area contributed by atoms with Crippen LogP contribution in [-0.2, 0) is 23.8 Å². The monoisotopic (exact) mass is 661 g/mol.